The average Bonchev–Trinajstić information content (AvgIpc) is 3.12. The highest BCUT2D eigenvalue weighted by Gasteiger charge is 2.23. The van der Waals surface area contributed by atoms with E-state index in [0.717, 1.165) is 29.2 Å². The van der Waals surface area contributed by atoms with Crippen LogP contribution in [0.1, 0.15) is 32.0 Å². The Kier molecular flexibility index (Phi) is 9.51. The summed E-state index contributed by atoms with van der Waals surface area (Å²) in [5, 5.41) is 15.4. The smallest absolute Gasteiger partial charge is 0.227 e. The molecule has 0 unspecified atom stereocenters. The van der Waals surface area contributed by atoms with E-state index in [1.807, 2.05) is 73.1 Å². The van der Waals surface area contributed by atoms with Gasteiger partial charge in [-0.25, -0.2) is 4.68 Å². The van der Waals surface area contributed by atoms with Gasteiger partial charge in [0.1, 0.15) is 11.5 Å². The van der Waals surface area contributed by atoms with Crippen molar-refractivity contribution < 1.29 is 19.3 Å². The molecule has 3 aromatic rings. The fourth-order valence-corrected chi connectivity index (χ4v) is 3.89. The second kappa shape index (κ2) is 12.6. The van der Waals surface area contributed by atoms with Gasteiger partial charge in [-0.3, -0.25) is 4.90 Å². The lowest BCUT2D eigenvalue weighted by atomic mass is 10.1. The number of aliphatic hydroxyl groups is 1. The zero-order valence-electron chi connectivity index (χ0n) is 20.9. The Morgan fingerprint density at radius 3 is 2.44 bits per heavy atom. The summed E-state index contributed by atoms with van der Waals surface area (Å²) in [5.41, 5.74) is 2.78. The predicted molar refractivity (Wildman–Crippen MR) is 134 cm³/mol. The Morgan fingerprint density at radius 1 is 1.03 bits per heavy atom. The van der Waals surface area contributed by atoms with E-state index >= 15 is 0 Å². The minimum absolute atomic E-state index is 0.320. The van der Waals surface area contributed by atoms with E-state index in [-0.39, 0.29) is 0 Å². The van der Waals surface area contributed by atoms with Crippen LogP contribution >= 0.6 is 0 Å². The molecule has 3 rings (SSSR count). The molecule has 0 aliphatic carbocycles. The van der Waals surface area contributed by atoms with Crippen LogP contribution in [0.4, 0.5) is 0 Å². The number of nitrogens with zero attached hydrogens (tertiary/aromatic N) is 3. The Balaban J connectivity index is 1.97. The number of aliphatic hydroxyl groups excluding tert-OH is 1. The molecule has 0 amide bonds. The van der Waals surface area contributed by atoms with Crippen LogP contribution in [0, 0.1) is 12.8 Å². The molecule has 7 heteroatoms. The van der Waals surface area contributed by atoms with Gasteiger partial charge in [-0.05, 0) is 44.0 Å². The van der Waals surface area contributed by atoms with Gasteiger partial charge in [0, 0.05) is 32.3 Å². The van der Waals surface area contributed by atoms with Crippen LogP contribution in [0.5, 0.6) is 17.4 Å². The summed E-state index contributed by atoms with van der Waals surface area (Å²) in [4.78, 5) is 2.24. The zero-order valence-corrected chi connectivity index (χ0v) is 20.9. The number of methoxy groups -OCH3 is 1. The van der Waals surface area contributed by atoms with Crippen molar-refractivity contribution in [3.8, 4) is 23.1 Å². The van der Waals surface area contributed by atoms with Crippen molar-refractivity contribution in [1.29, 1.82) is 0 Å². The summed E-state index contributed by atoms with van der Waals surface area (Å²) in [7, 11) is 1.64. The molecule has 0 saturated heterocycles. The third-order valence-corrected chi connectivity index (χ3v) is 5.38. The SMILES string of the molecule is CCOC[C@H](O)CN(Cc1c(C)nn(-c2ccccc2)c1Oc1cccc(OC)c1)CC(C)C. The summed E-state index contributed by atoms with van der Waals surface area (Å²) in [6.45, 7) is 11.1. The van der Waals surface area contributed by atoms with Crippen molar-refractivity contribution in [3.63, 3.8) is 0 Å². The van der Waals surface area contributed by atoms with E-state index in [0.29, 0.717) is 43.9 Å². The Bertz CT molecular complexity index is 1020. The van der Waals surface area contributed by atoms with Crippen LogP contribution in [0.15, 0.2) is 54.6 Å². The van der Waals surface area contributed by atoms with Crippen LogP contribution in [0.2, 0.25) is 0 Å². The minimum atomic E-state index is -0.564. The first kappa shape index (κ1) is 25.7. The first-order chi connectivity index (χ1) is 16.4. The molecule has 34 heavy (non-hydrogen) atoms. The standard InChI is InChI=1S/C27H37N3O4/c1-6-33-19-23(31)17-29(16-20(2)3)18-26-21(4)28-30(22-11-8-7-9-12-22)27(26)34-25-14-10-13-24(15-25)32-5/h7-15,20,23,31H,6,16-19H2,1-5H3/t23-/m1/s1. The number of aryl methyl sites for hydroxylation is 1. The maximum absolute atomic E-state index is 10.5. The van der Waals surface area contributed by atoms with Crippen LogP contribution < -0.4 is 9.47 Å². The average molecular weight is 468 g/mol. The van der Waals surface area contributed by atoms with Crippen LogP contribution in [0.3, 0.4) is 0 Å². The van der Waals surface area contributed by atoms with Crippen molar-refractivity contribution in [1.82, 2.24) is 14.7 Å². The van der Waals surface area contributed by atoms with E-state index in [1.165, 1.54) is 0 Å². The molecule has 1 heterocycles. The fourth-order valence-electron chi connectivity index (χ4n) is 3.89. The number of rotatable bonds is 13. The van der Waals surface area contributed by atoms with E-state index in [1.54, 1.807) is 7.11 Å². The third-order valence-electron chi connectivity index (χ3n) is 5.38. The first-order valence-corrected chi connectivity index (χ1v) is 11.8. The minimum Gasteiger partial charge on any atom is -0.497 e. The van der Waals surface area contributed by atoms with Gasteiger partial charge in [0.2, 0.25) is 5.88 Å². The summed E-state index contributed by atoms with van der Waals surface area (Å²) in [6, 6.07) is 17.5. The first-order valence-electron chi connectivity index (χ1n) is 11.8. The molecule has 1 N–H and O–H groups in total. The molecular weight excluding hydrogens is 430 g/mol. The number of hydrogen-bond acceptors (Lipinski definition) is 6. The topological polar surface area (TPSA) is 69.0 Å². The molecule has 7 nitrogen and oxygen atoms in total. The van der Waals surface area contributed by atoms with Crippen LogP contribution in [-0.2, 0) is 11.3 Å². The van der Waals surface area contributed by atoms with Gasteiger partial charge in [-0.15, -0.1) is 0 Å². The molecule has 0 radical (unpaired) electrons. The van der Waals surface area contributed by atoms with Crippen LogP contribution in [0.25, 0.3) is 5.69 Å². The fraction of sp³-hybridized carbons (Fsp3) is 0.444. The van der Waals surface area contributed by atoms with Crippen LogP contribution in [-0.4, -0.2) is 59.3 Å². The lowest BCUT2D eigenvalue weighted by Crippen LogP contribution is -2.37. The molecule has 0 aliphatic heterocycles. The van der Waals surface area contributed by atoms with Gasteiger partial charge in [0.05, 0.1) is 36.8 Å². The molecule has 2 aromatic carbocycles. The molecule has 0 spiro atoms. The molecule has 0 saturated carbocycles. The van der Waals surface area contributed by atoms with Gasteiger partial charge >= 0.3 is 0 Å². The Morgan fingerprint density at radius 2 is 1.76 bits per heavy atom. The molecule has 0 bridgehead atoms. The highest BCUT2D eigenvalue weighted by Crippen LogP contribution is 2.33. The van der Waals surface area contributed by atoms with Gasteiger partial charge < -0.3 is 19.3 Å². The van der Waals surface area contributed by atoms with E-state index in [9.17, 15) is 5.11 Å². The van der Waals surface area contributed by atoms with Crippen molar-refractivity contribution in [2.75, 3.05) is 33.4 Å². The normalized spacial score (nSPS) is 12.4. The second-order valence-electron chi connectivity index (χ2n) is 8.80. The Hall–Kier alpha value is -2.87. The highest BCUT2D eigenvalue weighted by atomic mass is 16.5. The van der Waals surface area contributed by atoms with E-state index in [2.05, 4.69) is 18.7 Å². The number of para-hydroxylation sites is 1. The second-order valence-corrected chi connectivity index (χ2v) is 8.80. The van der Waals surface area contributed by atoms with E-state index < -0.39 is 6.10 Å². The molecule has 1 atom stereocenters. The number of benzene rings is 2. The lowest BCUT2D eigenvalue weighted by molar-refractivity contribution is 0.0173. The van der Waals surface area contributed by atoms with Crippen molar-refractivity contribution >= 4 is 0 Å². The summed E-state index contributed by atoms with van der Waals surface area (Å²) < 4.78 is 19.1. The quantitative estimate of drug-likeness (QED) is 0.388. The highest BCUT2D eigenvalue weighted by molar-refractivity contribution is 5.44. The van der Waals surface area contributed by atoms with Crippen molar-refractivity contribution in [3.05, 3.63) is 65.9 Å². The molecule has 0 aliphatic rings. The summed E-state index contributed by atoms with van der Waals surface area (Å²) in [6.07, 6.45) is -0.564. The maximum Gasteiger partial charge on any atom is 0.227 e. The predicted octanol–water partition coefficient (Wildman–Crippen LogP) is 4.84. The monoisotopic (exact) mass is 467 g/mol. The van der Waals surface area contributed by atoms with Gasteiger partial charge in [0.25, 0.3) is 0 Å². The third kappa shape index (κ3) is 7.06. The molecular formula is C27H37N3O4. The van der Waals surface area contributed by atoms with E-state index in [4.69, 9.17) is 19.3 Å². The molecule has 0 fully saturated rings. The van der Waals surface area contributed by atoms with Gasteiger partial charge in [0.15, 0.2) is 0 Å². The van der Waals surface area contributed by atoms with Gasteiger partial charge in [-0.2, -0.15) is 5.10 Å². The molecule has 1 aromatic heterocycles. The van der Waals surface area contributed by atoms with Gasteiger partial charge in [-0.1, -0.05) is 38.1 Å². The largest absolute Gasteiger partial charge is 0.497 e. The maximum atomic E-state index is 10.5. The zero-order chi connectivity index (χ0) is 24.5. The van der Waals surface area contributed by atoms with Crippen molar-refractivity contribution in [2.45, 2.75) is 40.3 Å². The number of hydrogen-bond donors (Lipinski definition) is 1. The van der Waals surface area contributed by atoms with Crippen molar-refractivity contribution in [2.24, 2.45) is 5.92 Å². The summed E-state index contributed by atoms with van der Waals surface area (Å²) >= 11 is 0. The lowest BCUT2D eigenvalue weighted by Gasteiger charge is -2.27. The Labute approximate surface area is 202 Å². The number of ether oxygens (including phenoxy) is 3. The summed E-state index contributed by atoms with van der Waals surface area (Å²) in [5.74, 6) is 2.49. The molecule has 184 valence electrons. The number of aromatic nitrogens is 2.